The summed E-state index contributed by atoms with van der Waals surface area (Å²) in [5.74, 6) is -1.20. The average Bonchev–Trinajstić information content (AvgIpc) is 2.77. The molecule has 0 unspecified atom stereocenters. The SMILES string of the molecule is O=C(c1ccccc1)c1cc2ccccc2c(C(=O)c2ccccc2)c1S(=O)(=O)O. The number of hydrogen-bond acceptors (Lipinski definition) is 4. The van der Waals surface area contributed by atoms with Crippen molar-refractivity contribution in [3.63, 3.8) is 0 Å². The van der Waals surface area contributed by atoms with E-state index in [1.165, 1.54) is 6.07 Å². The molecule has 0 spiro atoms. The Kier molecular flexibility index (Phi) is 5.03. The maximum Gasteiger partial charge on any atom is 0.296 e. The molecule has 4 aromatic carbocycles. The third kappa shape index (κ3) is 3.54. The summed E-state index contributed by atoms with van der Waals surface area (Å²) in [7, 11) is -4.90. The van der Waals surface area contributed by atoms with E-state index in [-0.39, 0.29) is 22.3 Å². The monoisotopic (exact) mass is 416 g/mol. The molecule has 0 fully saturated rings. The molecule has 1 N–H and O–H groups in total. The van der Waals surface area contributed by atoms with E-state index < -0.39 is 26.6 Å². The van der Waals surface area contributed by atoms with E-state index >= 15 is 0 Å². The summed E-state index contributed by atoms with van der Waals surface area (Å²) in [4.78, 5) is 25.9. The lowest BCUT2D eigenvalue weighted by Crippen LogP contribution is -2.17. The summed E-state index contributed by atoms with van der Waals surface area (Å²) in [5, 5.41) is 0.854. The van der Waals surface area contributed by atoms with Crippen molar-refractivity contribution in [2.75, 3.05) is 0 Å². The summed E-state index contributed by atoms with van der Waals surface area (Å²) in [6.07, 6.45) is 0. The van der Waals surface area contributed by atoms with Crippen molar-refractivity contribution >= 4 is 32.5 Å². The zero-order valence-electron chi connectivity index (χ0n) is 15.6. The fraction of sp³-hybridized carbons (Fsp3) is 0. The van der Waals surface area contributed by atoms with Gasteiger partial charge in [0, 0.05) is 16.7 Å². The predicted molar refractivity (Wildman–Crippen MR) is 114 cm³/mol. The molecule has 0 aliphatic heterocycles. The molecule has 0 aliphatic carbocycles. The van der Waals surface area contributed by atoms with E-state index in [4.69, 9.17) is 0 Å². The van der Waals surface area contributed by atoms with Gasteiger partial charge in [-0.1, -0.05) is 84.9 Å². The van der Waals surface area contributed by atoms with Crippen LogP contribution < -0.4 is 0 Å². The first-order chi connectivity index (χ1) is 14.4. The molecule has 148 valence electrons. The predicted octanol–water partition coefficient (Wildman–Crippen LogP) is 4.55. The Morgan fingerprint density at radius 2 is 1.17 bits per heavy atom. The van der Waals surface area contributed by atoms with Gasteiger partial charge in [0.05, 0.1) is 5.56 Å². The van der Waals surface area contributed by atoms with Crippen LogP contribution in [0.25, 0.3) is 10.8 Å². The fourth-order valence-electron chi connectivity index (χ4n) is 3.47. The van der Waals surface area contributed by atoms with Crippen molar-refractivity contribution in [3.05, 3.63) is 113 Å². The minimum absolute atomic E-state index is 0.221. The Labute approximate surface area is 173 Å². The standard InChI is InChI=1S/C24H16O5S/c25-22(16-9-3-1-4-10-16)20-15-18-13-7-8-14-19(18)21(24(20)30(27,28)29)23(26)17-11-5-2-6-12-17/h1-15H,(H,27,28,29). The van der Waals surface area contributed by atoms with Gasteiger partial charge in [0.25, 0.3) is 10.1 Å². The number of carbonyl (C=O) groups excluding carboxylic acids is 2. The quantitative estimate of drug-likeness (QED) is 0.381. The summed E-state index contributed by atoms with van der Waals surface area (Å²) in [6, 6.07) is 24.3. The van der Waals surface area contributed by atoms with E-state index in [1.807, 2.05) is 0 Å². The summed E-state index contributed by atoms with van der Waals surface area (Å²) >= 11 is 0. The van der Waals surface area contributed by atoms with Crippen LogP contribution in [0.5, 0.6) is 0 Å². The first-order valence-corrected chi connectivity index (χ1v) is 10.5. The lowest BCUT2D eigenvalue weighted by atomic mass is 9.92. The molecule has 0 aromatic heterocycles. The van der Waals surface area contributed by atoms with E-state index in [0.29, 0.717) is 10.8 Å². The number of benzene rings is 4. The largest absolute Gasteiger partial charge is 0.296 e. The number of rotatable bonds is 5. The number of hydrogen-bond donors (Lipinski definition) is 1. The number of carbonyl (C=O) groups is 2. The van der Waals surface area contributed by atoms with E-state index in [2.05, 4.69) is 0 Å². The highest BCUT2D eigenvalue weighted by molar-refractivity contribution is 7.86. The van der Waals surface area contributed by atoms with Crippen molar-refractivity contribution in [2.24, 2.45) is 0 Å². The van der Waals surface area contributed by atoms with Crippen LogP contribution in [-0.4, -0.2) is 24.5 Å². The summed E-state index contributed by atoms with van der Waals surface area (Å²) < 4.78 is 35.0. The van der Waals surface area contributed by atoms with Crippen molar-refractivity contribution in [1.29, 1.82) is 0 Å². The first-order valence-electron chi connectivity index (χ1n) is 9.10. The van der Waals surface area contributed by atoms with Crippen LogP contribution in [0.4, 0.5) is 0 Å². The smallest absolute Gasteiger partial charge is 0.289 e. The van der Waals surface area contributed by atoms with Gasteiger partial charge in [-0.15, -0.1) is 0 Å². The fourth-order valence-corrected chi connectivity index (χ4v) is 4.36. The van der Waals surface area contributed by atoms with Gasteiger partial charge in [-0.3, -0.25) is 14.1 Å². The van der Waals surface area contributed by atoms with E-state index in [0.717, 1.165) is 0 Å². The Bertz CT molecular complexity index is 1380. The van der Waals surface area contributed by atoms with Crippen molar-refractivity contribution in [3.8, 4) is 0 Å². The molecule has 6 heteroatoms. The van der Waals surface area contributed by atoms with Crippen LogP contribution in [0.15, 0.2) is 95.9 Å². The molecular formula is C24H16O5S. The van der Waals surface area contributed by atoms with Gasteiger partial charge in [-0.25, -0.2) is 0 Å². The molecular weight excluding hydrogens is 400 g/mol. The van der Waals surface area contributed by atoms with E-state index in [1.54, 1.807) is 84.9 Å². The number of ketones is 2. The minimum Gasteiger partial charge on any atom is -0.289 e. The Morgan fingerprint density at radius 1 is 0.667 bits per heavy atom. The average molecular weight is 416 g/mol. The van der Waals surface area contributed by atoms with Crippen LogP contribution in [-0.2, 0) is 10.1 Å². The highest BCUT2D eigenvalue weighted by Crippen LogP contribution is 2.33. The third-order valence-corrected chi connectivity index (χ3v) is 5.74. The van der Waals surface area contributed by atoms with Crippen molar-refractivity contribution < 1.29 is 22.6 Å². The molecule has 0 saturated carbocycles. The molecule has 0 heterocycles. The van der Waals surface area contributed by atoms with Gasteiger partial charge in [0.2, 0.25) is 0 Å². The summed E-state index contributed by atoms with van der Waals surface area (Å²) in [5.41, 5.74) is 0.0235. The second-order valence-electron chi connectivity index (χ2n) is 6.71. The van der Waals surface area contributed by atoms with Crippen molar-refractivity contribution in [1.82, 2.24) is 0 Å². The van der Waals surface area contributed by atoms with Crippen LogP contribution >= 0.6 is 0 Å². The third-order valence-electron chi connectivity index (χ3n) is 4.80. The second-order valence-corrected chi connectivity index (χ2v) is 8.07. The van der Waals surface area contributed by atoms with Crippen LogP contribution in [0.2, 0.25) is 0 Å². The first kappa shape index (κ1) is 19.7. The molecule has 0 amide bonds. The minimum atomic E-state index is -4.90. The molecule has 4 aromatic rings. The maximum atomic E-state index is 13.4. The van der Waals surface area contributed by atoms with Crippen LogP contribution in [0, 0.1) is 0 Å². The van der Waals surface area contributed by atoms with Gasteiger partial charge in [0.15, 0.2) is 11.6 Å². The molecule has 0 aliphatic rings. The van der Waals surface area contributed by atoms with Gasteiger partial charge < -0.3 is 0 Å². The normalized spacial score (nSPS) is 11.4. The van der Waals surface area contributed by atoms with Crippen LogP contribution in [0.3, 0.4) is 0 Å². The summed E-state index contributed by atoms with van der Waals surface area (Å²) in [6.45, 7) is 0. The van der Waals surface area contributed by atoms with Gasteiger partial charge in [-0.2, -0.15) is 8.42 Å². The Hall–Kier alpha value is -3.61. The molecule has 0 saturated heterocycles. The van der Waals surface area contributed by atoms with Gasteiger partial charge in [-0.05, 0) is 16.8 Å². The van der Waals surface area contributed by atoms with Crippen LogP contribution in [0.1, 0.15) is 31.8 Å². The van der Waals surface area contributed by atoms with E-state index in [9.17, 15) is 22.6 Å². The highest BCUT2D eigenvalue weighted by Gasteiger charge is 2.31. The number of fused-ring (bicyclic) bond motifs is 1. The second kappa shape index (κ2) is 7.67. The maximum absolute atomic E-state index is 13.4. The lowest BCUT2D eigenvalue weighted by Gasteiger charge is -2.15. The topological polar surface area (TPSA) is 88.5 Å². The Morgan fingerprint density at radius 3 is 1.73 bits per heavy atom. The highest BCUT2D eigenvalue weighted by atomic mass is 32.2. The zero-order valence-corrected chi connectivity index (χ0v) is 16.5. The lowest BCUT2D eigenvalue weighted by molar-refractivity contribution is 0.103. The molecule has 4 rings (SSSR count). The molecule has 5 nitrogen and oxygen atoms in total. The molecule has 0 bridgehead atoms. The van der Waals surface area contributed by atoms with Gasteiger partial charge >= 0.3 is 0 Å². The van der Waals surface area contributed by atoms with Crippen molar-refractivity contribution in [2.45, 2.75) is 4.90 Å². The van der Waals surface area contributed by atoms with Gasteiger partial charge in [0.1, 0.15) is 4.90 Å². The molecule has 0 radical (unpaired) electrons. The Balaban J connectivity index is 2.11. The zero-order chi connectivity index (χ0) is 21.3. The molecule has 30 heavy (non-hydrogen) atoms. The molecule has 0 atom stereocenters.